The van der Waals surface area contributed by atoms with Gasteiger partial charge in [0, 0.05) is 11.8 Å². The molecule has 2 aromatic carbocycles. The van der Waals surface area contributed by atoms with Crippen LogP contribution in [0.3, 0.4) is 0 Å². The molecule has 0 saturated carbocycles. The Bertz CT molecular complexity index is 1340. The molecular weight excluding hydrogens is 420 g/mol. The molecule has 0 aliphatic rings. The van der Waals surface area contributed by atoms with Crippen LogP contribution in [-0.2, 0) is 16.4 Å². The summed E-state index contributed by atoms with van der Waals surface area (Å²) >= 11 is 1.42. The van der Waals surface area contributed by atoms with Gasteiger partial charge in [-0.2, -0.15) is 0 Å². The molecule has 8 heteroatoms. The molecular formula is C22H20N2O4S2. The number of carbonyl (C=O) groups is 1. The molecule has 0 aliphatic carbocycles. The summed E-state index contributed by atoms with van der Waals surface area (Å²) in [5, 5.41) is 0.532. The van der Waals surface area contributed by atoms with Gasteiger partial charge >= 0.3 is 0 Å². The molecule has 1 amide bonds. The monoisotopic (exact) mass is 440 g/mol. The predicted octanol–water partition coefficient (Wildman–Crippen LogP) is 4.76. The molecule has 2 heterocycles. The Balaban J connectivity index is 1.81. The summed E-state index contributed by atoms with van der Waals surface area (Å²) < 4.78 is 30.3. The van der Waals surface area contributed by atoms with Crippen LogP contribution in [0.15, 0.2) is 64.1 Å². The molecule has 30 heavy (non-hydrogen) atoms. The molecule has 0 fully saturated rings. The fourth-order valence-electron chi connectivity index (χ4n) is 3.13. The third kappa shape index (κ3) is 3.88. The number of furan rings is 1. The second-order valence-corrected chi connectivity index (χ2v) is 10.1. The Morgan fingerprint density at radius 1 is 1.13 bits per heavy atom. The Morgan fingerprint density at radius 2 is 1.93 bits per heavy atom. The average molecular weight is 441 g/mol. The van der Waals surface area contributed by atoms with Crippen LogP contribution in [-0.4, -0.2) is 25.6 Å². The van der Waals surface area contributed by atoms with Crippen molar-refractivity contribution in [3.8, 4) is 0 Å². The number of sulfone groups is 1. The van der Waals surface area contributed by atoms with E-state index in [1.165, 1.54) is 28.4 Å². The molecule has 6 nitrogen and oxygen atoms in total. The van der Waals surface area contributed by atoms with Gasteiger partial charge < -0.3 is 4.42 Å². The zero-order valence-electron chi connectivity index (χ0n) is 16.7. The minimum Gasteiger partial charge on any atom is -0.467 e. The second kappa shape index (κ2) is 7.70. The Morgan fingerprint density at radius 3 is 2.63 bits per heavy atom. The summed E-state index contributed by atoms with van der Waals surface area (Å²) in [6, 6.07) is 13.6. The lowest BCUT2D eigenvalue weighted by Gasteiger charge is -2.19. The van der Waals surface area contributed by atoms with Gasteiger partial charge in [-0.15, -0.1) is 0 Å². The number of fused-ring (bicyclic) bond motifs is 1. The highest BCUT2D eigenvalue weighted by molar-refractivity contribution is 7.90. The maximum Gasteiger partial charge on any atom is 0.260 e. The van der Waals surface area contributed by atoms with Gasteiger partial charge in [-0.05, 0) is 61.4 Å². The molecule has 0 spiro atoms. The lowest BCUT2D eigenvalue weighted by molar-refractivity contribution is 0.0983. The van der Waals surface area contributed by atoms with E-state index in [1.807, 2.05) is 26.0 Å². The van der Waals surface area contributed by atoms with E-state index in [2.05, 4.69) is 0 Å². The highest BCUT2D eigenvalue weighted by Gasteiger charge is 2.24. The van der Waals surface area contributed by atoms with Crippen LogP contribution in [0.2, 0.25) is 0 Å². The lowest BCUT2D eigenvalue weighted by atomic mass is 10.1. The van der Waals surface area contributed by atoms with Crippen LogP contribution in [0.25, 0.3) is 10.2 Å². The molecule has 0 bridgehead atoms. The number of benzene rings is 2. The van der Waals surface area contributed by atoms with E-state index in [0.717, 1.165) is 27.6 Å². The molecule has 0 radical (unpaired) electrons. The van der Waals surface area contributed by atoms with Gasteiger partial charge in [-0.3, -0.25) is 9.69 Å². The highest BCUT2D eigenvalue weighted by Crippen LogP contribution is 2.33. The summed E-state index contributed by atoms with van der Waals surface area (Å²) in [6.45, 7) is 4.22. The maximum atomic E-state index is 13.4. The number of thiazole rings is 1. The molecule has 0 atom stereocenters. The van der Waals surface area contributed by atoms with Gasteiger partial charge in [0.2, 0.25) is 0 Å². The summed E-state index contributed by atoms with van der Waals surface area (Å²) in [7, 11) is -3.43. The number of anilines is 1. The van der Waals surface area contributed by atoms with E-state index in [1.54, 1.807) is 30.5 Å². The third-order valence-corrected chi connectivity index (χ3v) is 7.11. The summed E-state index contributed by atoms with van der Waals surface area (Å²) in [4.78, 5) is 19.8. The summed E-state index contributed by atoms with van der Waals surface area (Å²) in [6.07, 6.45) is 2.67. The van der Waals surface area contributed by atoms with E-state index in [9.17, 15) is 13.2 Å². The summed E-state index contributed by atoms with van der Waals surface area (Å²) in [5.41, 5.74) is 3.33. The number of rotatable bonds is 5. The molecule has 154 valence electrons. The van der Waals surface area contributed by atoms with Crippen molar-refractivity contribution in [2.24, 2.45) is 0 Å². The molecule has 4 rings (SSSR count). The maximum absolute atomic E-state index is 13.4. The van der Waals surface area contributed by atoms with E-state index >= 15 is 0 Å². The quantitative estimate of drug-likeness (QED) is 0.447. The van der Waals surface area contributed by atoms with Crippen LogP contribution in [0, 0.1) is 13.8 Å². The van der Waals surface area contributed by atoms with Crippen molar-refractivity contribution in [1.29, 1.82) is 0 Å². The van der Waals surface area contributed by atoms with Crippen molar-refractivity contribution in [3.05, 3.63) is 77.2 Å². The van der Waals surface area contributed by atoms with Gasteiger partial charge in [-0.25, -0.2) is 13.4 Å². The van der Waals surface area contributed by atoms with Crippen molar-refractivity contribution in [1.82, 2.24) is 4.98 Å². The fourth-order valence-corrected chi connectivity index (χ4v) is 4.82. The normalized spacial score (nSPS) is 11.7. The standard InChI is InChI=1S/C22H20N2O4S2/c1-14-9-10-19-20(15(14)2)23-22(29-19)24(13-17-7-5-11-28-17)21(25)16-6-4-8-18(12-16)30(3,26)27/h4-12H,13H2,1-3H3. The molecule has 0 saturated heterocycles. The predicted molar refractivity (Wildman–Crippen MR) is 118 cm³/mol. The highest BCUT2D eigenvalue weighted by atomic mass is 32.2. The van der Waals surface area contributed by atoms with Gasteiger partial charge in [0.1, 0.15) is 5.76 Å². The number of aryl methyl sites for hydroxylation is 2. The van der Waals surface area contributed by atoms with E-state index in [0.29, 0.717) is 10.9 Å². The molecule has 2 aromatic heterocycles. The number of aromatic nitrogens is 1. The van der Waals surface area contributed by atoms with Crippen LogP contribution >= 0.6 is 11.3 Å². The van der Waals surface area contributed by atoms with Crippen LogP contribution in [0.4, 0.5) is 5.13 Å². The van der Waals surface area contributed by atoms with E-state index < -0.39 is 9.84 Å². The smallest absolute Gasteiger partial charge is 0.260 e. The van der Waals surface area contributed by atoms with Gasteiger partial charge in [0.05, 0.1) is 27.9 Å². The Kier molecular flexibility index (Phi) is 5.21. The number of carbonyl (C=O) groups excluding carboxylic acids is 1. The van der Waals surface area contributed by atoms with Crippen molar-refractivity contribution >= 4 is 42.4 Å². The minimum atomic E-state index is -3.43. The van der Waals surface area contributed by atoms with Crippen molar-refractivity contribution in [2.45, 2.75) is 25.3 Å². The van der Waals surface area contributed by atoms with Gasteiger partial charge in [0.15, 0.2) is 15.0 Å². The van der Waals surface area contributed by atoms with Crippen LogP contribution in [0.5, 0.6) is 0 Å². The zero-order valence-corrected chi connectivity index (χ0v) is 18.4. The number of nitrogens with zero attached hydrogens (tertiary/aromatic N) is 2. The molecule has 4 aromatic rings. The SMILES string of the molecule is Cc1ccc2sc(N(Cc3ccco3)C(=O)c3cccc(S(C)(=O)=O)c3)nc2c1C. The number of hydrogen-bond donors (Lipinski definition) is 0. The van der Waals surface area contributed by atoms with Crippen molar-refractivity contribution in [3.63, 3.8) is 0 Å². The first-order chi connectivity index (χ1) is 14.2. The lowest BCUT2D eigenvalue weighted by Crippen LogP contribution is -2.30. The Labute approximate surface area is 178 Å². The van der Waals surface area contributed by atoms with E-state index in [-0.39, 0.29) is 22.9 Å². The van der Waals surface area contributed by atoms with Crippen molar-refractivity contribution in [2.75, 3.05) is 11.2 Å². The molecule has 0 aliphatic heterocycles. The van der Waals surface area contributed by atoms with Gasteiger partial charge in [-0.1, -0.05) is 23.5 Å². The largest absolute Gasteiger partial charge is 0.467 e. The number of amides is 1. The first-order valence-corrected chi connectivity index (χ1v) is 12.0. The topological polar surface area (TPSA) is 80.5 Å². The fraction of sp³-hybridized carbons (Fsp3) is 0.182. The van der Waals surface area contributed by atoms with Gasteiger partial charge in [0.25, 0.3) is 5.91 Å². The number of hydrogen-bond acceptors (Lipinski definition) is 6. The van der Waals surface area contributed by atoms with Crippen molar-refractivity contribution < 1.29 is 17.6 Å². The van der Waals surface area contributed by atoms with Crippen LogP contribution in [0.1, 0.15) is 27.2 Å². The molecule has 0 unspecified atom stereocenters. The van der Waals surface area contributed by atoms with Crippen LogP contribution < -0.4 is 4.90 Å². The molecule has 0 N–H and O–H groups in total. The first kappa shape index (κ1) is 20.3. The average Bonchev–Trinajstić information content (AvgIpc) is 3.38. The summed E-state index contributed by atoms with van der Waals surface area (Å²) in [5.74, 6) is 0.264. The third-order valence-electron chi connectivity index (χ3n) is 4.95. The second-order valence-electron chi connectivity index (χ2n) is 7.12. The van der Waals surface area contributed by atoms with E-state index in [4.69, 9.17) is 9.40 Å². The Hall–Kier alpha value is -2.97. The minimum absolute atomic E-state index is 0.0991. The zero-order chi connectivity index (χ0) is 21.5. The first-order valence-electron chi connectivity index (χ1n) is 9.25.